The van der Waals surface area contributed by atoms with Crippen LogP contribution in [-0.2, 0) is 4.74 Å². The van der Waals surface area contributed by atoms with Crippen molar-refractivity contribution in [3.05, 3.63) is 59.7 Å². The van der Waals surface area contributed by atoms with Crippen LogP contribution in [0, 0.1) is 0 Å². The molecule has 0 aromatic heterocycles. The second kappa shape index (κ2) is 9.42. The Morgan fingerprint density at radius 1 is 0.885 bits per heavy atom. The molecule has 2 aromatic rings. The summed E-state index contributed by atoms with van der Waals surface area (Å²) in [5, 5.41) is 2.88. The molecule has 1 amide bonds. The lowest BCUT2D eigenvalue weighted by Gasteiger charge is -2.14. The zero-order chi connectivity index (χ0) is 18.2. The third-order valence-corrected chi connectivity index (χ3v) is 5.14. The summed E-state index contributed by atoms with van der Waals surface area (Å²) >= 11 is 0. The van der Waals surface area contributed by atoms with Crippen molar-refractivity contribution in [2.45, 2.75) is 51.4 Å². The first-order valence-corrected chi connectivity index (χ1v) is 9.90. The quantitative estimate of drug-likeness (QED) is 0.572. The Labute approximate surface area is 156 Å². The van der Waals surface area contributed by atoms with Gasteiger partial charge in [0.1, 0.15) is 6.61 Å². The maximum absolute atomic E-state index is 12.0. The van der Waals surface area contributed by atoms with Gasteiger partial charge >= 0.3 is 6.09 Å². The molecule has 0 aliphatic heterocycles. The standard InChI is InChI=1S/C23H29NO2/c1-2-3-4-5-6-11-16-24-23(25)26-17-22-20-14-9-7-12-18(20)19-13-8-10-15-21(19)22/h7-10,12-15,22H,2-6,11,16-17H2,1H3,(H,24,25). The van der Waals surface area contributed by atoms with Gasteiger partial charge in [0, 0.05) is 12.5 Å². The fourth-order valence-corrected chi connectivity index (χ4v) is 3.75. The van der Waals surface area contributed by atoms with Gasteiger partial charge in [-0.15, -0.1) is 0 Å². The molecular formula is C23H29NO2. The number of hydrogen-bond acceptors (Lipinski definition) is 2. The second-order valence-corrected chi connectivity index (χ2v) is 7.02. The third kappa shape index (κ3) is 4.46. The third-order valence-electron chi connectivity index (χ3n) is 5.14. The molecule has 0 atom stereocenters. The van der Waals surface area contributed by atoms with Crippen molar-refractivity contribution in [3.8, 4) is 11.1 Å². The molecule has 0 unspecified atom stereocenters. The van der Waals surface area contributed by atoms with E-state index >= 15 is 0 Å². The summed E-state index contributed by atoms with van der Waals surface area (Å²) in [6.45, 7) is 3.30. The Bertz CT molecular complexity index is 680. The number of alkyl carbamates (subject to hydrolysis) is 1. The molecule has 138 valence electrons. The van der Waals surface area contributed by atoms with Crippen LogP contribution in [0.2, 0.25) is 0 Å². The second-order valence-electron chi connectivity index (χ2n) is 7.02. The highest BCUT2D eigenvalue weighted by Gasteiger charge is 2.28. The first-order chi connectivity index (χ1) is 12.8. The van der Waals surface area contributed by atoms with E-state index in [9.17, 15) is 4.79 Å². The van der Waals surface area contributed by atoms with Crippen LogP contribution in [0.25, 0.3) is 11.1 Å². The van der Waals surface area contributed by atoms with E-state index < -0.39 is 0 Å². The van der Waals surface area contributed by atoms with Gasteiger partial charge in [-0.25, -0.2) is 4.79 Å². The van der Waals surface area contributed by atoms with Crippen molar-refractivity contribution in [2.24, 2.45) is 0 Å². The van der Waals surface area contributed by atoms with Crippen LogP contribution in [0.5, 0.6) is 0 Å². The van der Waals surface area contributed by atoms with Crippen LogP contribution in [0.4, 0.5) is 4.79 Å². The number of rotatable bonds is 9. The number of fused-ring (bicyclic) bond motifs is 3. The molecule has 3 heteroatoms. The minimum absolute atomic E-state index is 0.127. The smallest absolute Gasteiger partial charge is 0.407 e. The Morgan fingerprint density at radius 3 is 2.12 bits per heavy atom. The molecule has 0 spiro atoms. The SMILES string of the molecule is CCCCCCCCNC(=O)OCC1c2ccccc2-c2ccccc21. The molecule has 0 saturated carbocycles. The van der Waals surface area contributed by atoms with Crippen molar-refractivity contribution in [1.82, 2.24) is 5.32 Å². The van der Waals surface area contributed by atoms with Crippen LogP contribution in [-0.4, -0.2) is 19.2 Å². The van der Waals surface area contributed by atoms with Gasteiger partial charge in [0.2, 0.25) is 0 Å². The lowest BCUT2D eigenvalue weighted by Crippen LogP contribution is -2.27. The number of carbonyl (C=O) groups excluding carboxylic acids is 1. The molecule has 3 rings (SSSR count). The summed E-state index contributed by atoms with van der Waals surface area (Å²) in [7, 11) is 0. The van der Waals surface area contributed by atoms with E-state index in [0.29, 0.717) is 13.2 Å². The molecule has 0 saturated heterocycles. The van der Waals surface area contributed by atoms with Crippen molar-refractivity contribution in [1.29, 1.82) is 0 Å². The average molecular weight is 351 g/mol. The molecule has 0 radical (unpaired) electrons. The molecule has 26 heavy (non-hydrogen) atoms. The van der Waals surface area contributed by atoms with E-state index in [1.54, 1.807) is 0 Å². The topological polar surface area (TPSA) is 38.3 Å². The van der Waals surface area contributed by atoms with Gasteiger partial charge in [0.25, 0.3) is 0 Å². The summed E-state index contributed by atoms with van der Waals surface area (Å²) in [6, 6.07) is 16.8. The maximum Gasteiger partial charge on any atom is 0.407 e. The molecule has 3 nitrogen and oxygen atoms in total. The lowest BCUT2D eigenvalue weighted by molar-refractivity contribution is 0.143. The van der Waals surface area contributed by atoms with Crippen molar-refractivity contribution in [3.63, 3.8) is 0 Å². The largest absolute Gasteiger partial charge is 0.449 e. The number of carbonyl (C=O) groups is 1. The normalized spacial score (nSPS) is 12.5. The van der Waals surface area contributed by atoms with E-state index in [0.717, 1.165) is 6.42 Å². The molecule has 0 heterocycles. The van der Waals surface area contributed by atoms with Gasteiger partial charge in [-0.1, -0.05) is 87.6 Å². The summed E-state index contributed by atoms with van der Waals surface area (Å²) in [4.78, 5) is 12.0. The molecule has 0 bridgehead atoms. The number of ether oxygens (including phenoxy) is 1. The van der Waals surface area contributed by atoms with Crippen LogP contribution < -0.4 is 5.32 Å². The molecular weight excluding hydrogens is 322 g/mol. The Kier molecular flexibility index (Phi) is 6.70. The Morgan fingerprint density at radius 2 is 1.46 bits per heavy atom. The van der Waals surface area contributed by atoms with E-state index in [1.165, 1.54) is 54.4 Å². The fourth-order valence-electron chi connectivity index (χ4n) is 3.75. The number of hydrogen-bond donors (Lipinski definition) is 1. The number of amides is 1. The van der Waals surface area contributed by atoms with Crippen LogP contribution in [0.15, 0.2) is 48.5 Å². The first kappa shape index (κ1) is 18.5. The molecule has 1 aliphatic carbocycles. The highest BCUT2D eigenvalue weighted by molar-refractivity contribution is 5.79. The van der Waals surface area contributed by atoms with Gasteiger partial charge in [0.15, 0.2) is 0 Å². The number of nitrogens with one attached hydrogen (secondary N) is 1. The van der Waals surface area contributed by atoms with Crippen molar-refractivity contribution >= 4 is 6.09 Å². The lowest BCUT2D eigenvalue weighted by atomic mass is 9.98. The minimum atomic E-state index is -0.305. The zero-order valence-corrected chi connectivity index (χ0v) is 15.7. The van der Waals surface area contributed by atoms with Crippen LogP contribution in [0.3, 0.4) is 0 Å². The summed E-state index contributed by atoms with van der Waals surface area (Å²) in [5.74, 6) is 0.127. The monoisotopic (exact) mass is 351 g/mol. The van der Waals surface area contributed by atoms with Gasteiger partial charge in [0.05, 0.1) is 0 Å². The molecule has 2 aromatic carbocycles. The van der Waals surface area contributed by atoms with Gasteiger partial charge in [-0.05, 0) is 28.7 Å². The van der Waals surface area contributed by atoms with E-state index in [1.807, 2.05) is 0 Å². The van der Waals surface area contributed by atoms with Crippen LogP contribution >= 0.6 is 0 Å². The predicted molar refractivity (Wildman–Crippen MR) is 106 cm³/mol. The predicted octanol–water partition coefficient (Wildman–Crippen LogP) is 5.89. The van der Waals surface area contributed by atoms with Crippen molar-refractivity contribution in [2.75, 3.05) is 13.2 Å². The van der Waals surface area contributed by atoms with E-state index in [4.69, 9.17) is 4.74 Å². The van der Waals surface area contributed by atoms with Gasteiger partial charge in [-0.3, -0.25) is 0 Å². The average Bonchev–Trinajstić information content (AvgIpc) is 3.00. The zero-order valence-electron chi connectivity index (χ0n) is 15.7. The highest BCUT2D eigenvalue weighted by atomic mass is 16.5. The van der Waals surface area contributed by atoms with Crippen molar-refractivity contribution < 1.29 is 9.53 Å². The molecule has 0 fully saturated rings. The first-order valence-electron chi connectivity index (χ1n) is 9.90. The number of benzene rings is 2. The Hall–Kier alpha value is -2.29. The molecule has 1 N–H and O–H groups in total. The summed E-state index contributed by atoms with van der Waals surface area (Å²) in [5.41, 5.74) is 5.00. The van der Waals surface area contributed by atoms with Crippen LogP contribution in [0.1, 0.15) is 62.5 Å². The molecule has 1 aliphatic rings. The summed E-state index contributed by atoms with van der Waals surface area (Å²) in [6.07, 6.45) is 7.00. The maximum atomic E-state index is 12.0. The number of unbranched alkanes of at least 4 members (excludes halogenated alkanes) is 5. The fraction of sp³-hybridized carbons (Fsp3) is 0.435. The van der Waals surface area contributed by atoms with E-state index in [-0.39, 0.29) is 12.0 Å². The summed E-state index contributed by atoms with van der Waals surface area (Å²) < 4.78 is 5.53. The highest BCUT2D eigenvalue weighted by Crippen LogP contribution is 2.44. The van der Waals surface area contributed by atoms with Gasteiger partial charge < -0.3 is 10.1 Å². The van der Waals surface area contributed by atoms with E-state index in [2.05, 4.69) is 60.8 Å². The minimum Gasteiger partial charge on any atom is -0.449 e. The Balaban J connectivity index is 1.47. The van der Waals surface area contributed by atoms with Gasteiger partial charge in [-0.2, -0.15) is 0 Å².